The number of carbonyl (C=O) groups excluding carboxylic acids is 1. The van der Waals surface area contributed by atoms with E-state index in [-0.39, 0.29) is 11.9 Å². The van der Waals surface area contributed by atoms with E-state index in [0.29, 0.717) is 36.0 Å². The van der Waals surface area contributed by atoms with Crippen molar-refractivity contribution in [1.82, 2.24) is 15.3 Å². The summed E-state index contributed by atoms with van der Waals surface area (Å²) in [6.45, 7) is 4.49. The maximum Gasteiger partial charge on any atom is 0.265 e. The summed E-state index contributed by atoms with van der Waals surface area (Å²) in [6, 6.07) is 7.51. The van der Waals surface area contributed by atoms with Crippen LogP contribution >= 0.6 is 0 Å². The lowest BCUT2D eigenvalue weighted by molar-refractivity contribution is -0.123. The number of aromatic nitrogens is 2. The van der Waals surface area contributed by atoms with Gasteiger partial charge in [-0.25, -0.2) is 9.97 Å². The van der Waals surface area contributed by atoms with Crippen LogP contribution in [0, 0.1) is 0 Å². The predicted molar refractivity (Wildman–Crippen MR) is 91.5 cm³/mol. The number of nitrogens with two attached hydrogens (primary N) is 1. The molecule has 0 aliphatic carbocycles. The van der Waals surface area contributed by atoms with Crippen molar-refractivity contribution in [3.8, 4) is 5.75 Å². The first-order valence-electron chi connectivity index (χ1n) is 7.99. The molecule has 24 heavy (non-hydrogen) atoms. The minimum atomic E-state index is -0.434. The monoisotopic (exact) mass is 327 g/mol. The van der Waals surface area contributed by atoms with Crippen LogP contribution in [0.1, 0.15) is 37.7 Å². The van der Waals surface area contributed by atoms with Crippen LogP contribution in [-0.2, 0) is 11.3 Å². The van der Waals surface area contributed by atoms with E-state index in [9.17, 15) is 4.79 Å². The Labute approximate surface area is 140 Å². The van der Waals surface area contributed by atoms with Crippen molar-refractivity contribution in [2.75, 3.05) is 11.1 Å². The topological polar surface area (TPSA) is 102 Å². The van der Waals surface area contributed by atoms with Gasteiger partial charge in [0.05, 0.1) is 12.2 Å². The van der Waals surface area contributed by atoms with Crippen LogP contribution in [0.25, 0.3) is 0 Å². The Kier molecular flexibility index (Phi) is 4.61. The van der Waals surface area contributed by atoms with Gasteiger partial charge >= 0.3 is 0 Å². The summed E-state index contributed by atoms with van der Waals surface area (Å²) in [5.41, 5.74) is 7.43. The maximum absolute atomic E-state index is 11.8. The highest BCUT2D eigenvalue weighted by atomic mass is 16.5. The fourth-order valence-electron chi connectivity index (χ4n) is 2.56. The summed E-state index contributed by atoms with van der Waals surface area (Å²) < 4.78 is 5.78. The van der Waals surface area contributed by atoms with Gasteiger partial charge in [-0.05, 0) is 37.1 Å². The van der Waals surface area contributed by atoms with Crippen LogP contribution in [0.4, 0.5) is 11.5 Å². The van der Waals surface area contributed by atoms with Gasteiger partial charge in [0.25, 0.3) is 5.91 Å². The van der Waals surface area contributed by atoms with Crippen LogP contribution in [0.2, 0.25) is 0 Å². The molecule has 0 bridgehead atoms. The lowest BCUT2D eigenvalue weighted by Crippen LogP contribution is -2.36. The summed E-state index contributed by atoms with van der Waals surface area (Å²) in [6.07, 6.45) is 1.84. The third-order valence-electron chi connectivity index (χ3n) is 3.99. The number of hydrogen-bond acceptors (Lipinski definition) is 6. The SMILES string of the molecule is CC[C@H]1Oc2cc([C@H](C)NCc3nccc(N)n3)ccc2NC1=O. The molecule has 0 radical (unpaired) electrons. The average molecular weight is 327 g/mol. The summed E-state index contributed by atoms with van der Waals surface area (Å²) in [5, 5.41) is 6.23. The van der Waals surface area contributed by atoms with Crippen molar-refractivity contribution in [2.45, 2.75) is 39.0 Å². The van der Waals surface area contributed by atoms with Crippen molar-refractivity contribution < 1.29 is 9.53 Å². The largest absolute Gasteiger partial charge is 0.478 e. The molecule has 2 atom stereocenters. The van der Waals surface area contributed by atoms with E-state index in [1.54, 1.807) is 12.3 Å². The van der Waals surface area contributed by atoms with Crippen LogP contribution in [0.3, 0.4) is 0 Å². The summed E-state index contributed by atoms with van der Waals surface area (Å²) in [5.74, 6) is 1.71. The first-order valence-corrected chi connectivity index (χ1v) is 7.99. The van der Waals surface area contributed by atoms with Crippen molar-refractivity contribution in [3.63, 3.8) is 0 Å². The van der Waals surface area contributed by atoms with E-state index in [1.165, 1.54) is 0 Å². The van der Waals surface area contributed by atoms with Gasteiger partial charge in [-0.1, -0.05) is 13.0 Å². The van der Waals surface area contributed by atoms with E-state index in [0.717, 1.165) is 5.56 Å². The molecule has 7 nitrogen and oxygen atoms in total. The highest BCUT2D eigenvalue weighted by Crippen LogP contribution is 2.33. The molecule has 1 aromatic heterocycles. The number of amides is 1. The fourth-order valence-corrected chi connectivity index (χ4v) is 2.56. The minimum Gasteiger partial charge on any atom is -0.478 e. The number of ether oxygens (including phenoxy) is 1. The standard InChI is InChI=1S/C17H21N5O2/c1-3-13-17(23)21-12-5-4-11(8-14(12)24-13)10(2)20-9-16-19-7-6-15(18)22-16/h4-8,10,13,20H,3,9H2,1-2H3,(H,21,23)(H2,18,19,22)/t10-,13+/m0/s1. The zero-order chi connectivity index (χ0) is 17.1. The molecule has 2 heterocycles. The maximum atomic E-state index is 11.8. The Morgan fingerprint density at radius 2 is 2.25 bits per heavy atom. The molecule has 0 spiro atoms. The van der Waals surface area contributed by atoms with Crippen molar-refractivity contribution in [2.24, 2.45) is 0 Å². The lowest BCUT2D eigenvalue weighted by Gasteiger charge is -2.26. The average Bonchev–Trinajstić information content (AvgIpc) is 2.58. The molecule has 0 unspecified atom stereocenters. The van der Waals surface area contributed by atoms with Crippen LogP contribution in [-0.4, -0.2) is 22.0 Å². The molecule has 1 aliphatic heterocycles. The van der Waals surface area contributed by atoms with Crippen LogP contribution in [0.5, 0.6) is 5.75 Å². The quantitative estimate of drug-likeness (QED) is 0.776. The number of benzene rings is 1. The number of carbonyl (C=O) groups is 1. The van der Waals surface area contributed by atoms with E-state index in [1.807, 2.05) is 32.0 Å². The number of rotatable bonds is 5. The van der Waals surface area contributed by atoms with E-state index < -0.39 is 6.10 Å². The van der Waals surface area contributed by atoms with Gasteiger partial charge in [-0.3, -0.25) is 4.79 Å². The molecule has 4 N–H and O–H groups in total. The Morgan fingerprint density at radius 1 is 1.42 bits per heavy atom. The van der Waals surface area contributed by atoms with E-state index in [2.05, 4.69) is 20.6 Å². The van der Waals surface area contributed by atoms with Crippen molar-refractivity contribution in [3.05, 3.63) is 41.9 Å². The second kappa shape index (κ2) is 6.84. The van der Waals surface area contributed by atoms with Crippen molar-refractivity contribution >= 4 is 17.4 Å². The number of hydrogen-bond donors (Lipinski definition) is 3. The second-order valence-electron chi connectivity index (χ2n) is 5.76. The Balaban J connectivity index is 1.70. The predicted octanol–water partition coefficient (Wildman–Crippen LogP) is 2.02. The van der Waals surface area contributed by atoms with Gasteiger partial charge in [0.2, 0.25) is 0 Å². The van der Waals surface area contributed by atoms with Gasteiger partial charge in [-0.15, -0.1) is 0 Å². The van der Waals surface area contributed by atoms with Gasteiger partial charge in [0, 0.05) is 12.2 Å². The van der Waals surface area contributed by atoms with Gasteiger partial charge in [-0.2, -0.15) is 0 Å². The molecule has 7 heteroatoms. The first kappa shape index (κ1) is 16.2. The summed E-state index contributed by atoms with van der Waals surface area (Å²) >= 11 is 0. The molecular weight excluding hydrogens is 306 g/mol. The second-order valence-corrected chi connectivity index (χ2v) is 5.76. The van der Waals surface area contributed by atoms with Crippen LogP contribution in [0.15, 0.2) is 30.5 Å². The van der Waals surface area contributed by atoms with Crippen molar-refractivity contribution in [1.29, 1.82) is 0 Å². The molecular formula is C17H21N5O2. The molecule has 2 aromatic rings. The molecule has 0 fully saturated rings. The Hall–Kier alpha value is -2.67. The zero-order valence-corrected chi connectivity index (χ0v) is 13.7. The van der Waals surface area contributed by atoms with Gasteiger partial charge in [0.15, 0.2) is 6.10 Å². The molecule has 3 rings (SSSR count). The molecule has 1 aromatic carbocycles. The number of nitrogen functional groups attached to an aromatic ring is 1. The fraction of sp³-hybridized carbons (Fsp3) is 0.353. The number of nitrogens with one attached hydrogen (secondary N) is 2. The zero-order valence-electron chi connectivity index (χ0n) is 13.7. The van der Waals surface area contributed by atoms with Crippen LogP contribution < -0.4 is 21.1 Å². The third-order valence-corrected chi connectivity index (χ3v) is 3.99. The first-order chi connectivity index (χ1) is 11.6. The number of anilines is 2. The van der Waals surface area contributed by atoms with Gasteiger partial charge < -0.3 is 21.1 Å². The Morgan fingerprint density at radius 3 is 3.00 bits per heavy atom. The summed E-state index contributed by atoms with van der Waals surface area (Å²) in [4.78, 5) is 20.2. The number of fused-ring (bicyclic) bond motifs is 1. The molecule has 126 valence electrons. The number of nitrogens with zero attached hydrogens (tertiary/aromatic N) is 2. The normalized spacial score (nSPS) is 17.6. The minimum absolute atomic E-state index is 0.0710. The highest BCUT2D eigenvalue weighted by molar-refractivity contribution is 5.97. The molecule has 1 aliphatic rings. The lowest BCUT2D eigenvalue weighted by atomic mass is 10.1. The molecule has 0 saturated heterocycles. The van der Waals surface area contributed by atoms with Gasteiger partial charge in [0.1, 0.15) is 17.4 Å². The smallest absolute Gasteiger partial charge is 0.265 e. The molecule has 1 amide bonds. The summed E-state index contributed by atoms with van der Waals surface area (Å²) in [7, 11) is 0. The van der Waals surface area contributed by atoms with E-state index in [4.69, 9.17) is 10.5 Å². The third kappa shape index (κ3) is 3.46. The molecule has 0 saturated carbocycles. The highest BCUT2D eigenvalue weighted by Gasteiger charge is 2.26. The Bertz CT molecular complexity index is 750. The van der Waals surface area contributed by atoms with E-state index >= 15 is 0 Å².